The third-order valence-corrected chi connectivity index (χ3v) is 4.30. The Morgan fingerprint density at radius 3 is 2.23 bits per heavy atom. The molecule has 2 aromatic carbocycles. The van der Waals surface area contributed by atoms with Crippen LogP contribution in [0, 0.1) is 24.4 Å². The lowest BCUT2D eigenvalue weighted by molar-refractivity contribution is 0.0306. The van der Waals surface area contributed by atoms with Gasteiger partial charge >= 0.3 is 5.92 Å². The third kappa shape index (κ3) is 2.96. The summed E-state index contributed by atoms with van der Waals surface area (Å²) in [5.41, 5.74) is -1.32. The molecule has 0 aliphatic rings. The van der Waals surface area contributed by atoms with E-state index in [-0.39, 0.29) is 21.8 Å². The smallest absolute Gasteiger partial charge is 0.265 e. The van der Waals surface area contributed by atoms with Gasteiger partial charge in [0.1, 0.15) is 23.1 Å². The summed E-state index contributed by atoms with van der Waals surface area (Å²) in [6.45, 7) is 1.48. The highest BCUT2D eigenvalue weighted by molar-refractivity contribution is 6.33. The van der Waals surface area contributed by atoms with Crippen LogP contribution in [0.15, 0.2) is 36.4 Å². The van der Waals surface area contributed by atoms with Crippen molar-refractivity contribution < 1.29 is 22.0 Å². The Hall–Kier alpha value is -2.41. The Morgan fingerprint density at radius 1 is 1.00 bits per heavy atom. The molecule has 3 rings (SSSR count). The molecule has 0 aliphatic carbocycles. The van der Waals surface area contributed by atoms with E-state index >= 15 is 8.78 Å². The first kappa shape index (κ1) is 18.4. The molecule has 0 atom stereocenters. The van der Waals surface area contributed by atoms with Gasteiger partial charge in [0.25, 0.3) is 0 Å². The molecule has 0 amide bonds. The van der Waals surface area contributed by atoms with E-state index in [1.807, 2.05) is 0 Å². The monoisotopic (exact) mass is 386 g/mol. The van der Waals surface area contributed by atoms with Gasteiger partial charge in [-0.15, -0.1) is 0 Å². The molecule has 136 valence electrons. The molecule has 8 heteroatoms. The van der Waals surface area contributed by atoms with Crippen molar-refractivity contribution in [3.8, 4) is 11.1 Å². The molecule has 0 saturated heterocycles. The molecule has 0 N–H and O–H groups in total. The molecule has 0 saturated carbocycles. The second-order valence-electron chi connectivity index (χ2n) is 5.76. The van der Waals surface area contributed by atoms with Crippen LogP contribution in [-0.4, -0.2) is 9.78 Å². The fraction of sp³-hybridized carbons (Fsp3) is 0.167. The van der Waals surface area contributed by atoms with E-state index in [0.29, 0.717) is 12.1 Å². The molecule has 0 fully saturated rings. The number of hydrogen-bond donors (Lipinski definition) is 0. The van der Waals surface area contributed by atoms with Crippen LogP contribution in [0.2, 0.25) is 5.02 Å². The van der Waals surface area contributed by atoms with Crippen LogP contribution in [0.25, 0.3) is 11.1 Å². The van der Waals surface area contributed by atoms with E-state index in [0.717, 1.165) is 22.9 Å². The standard InChI is InChI=1S/C18H12ClF5N2/c1-9-16(12-5-3-10(20)7-14(12)19)17(26(2)25-9)18(23,24)13-6-4-11(21)8-15(13)22/h3-8H,1-2H3. The molecule has 0 bridgehead atoms. The maximum absolute atomic E-state index is 15.2. The minimum absolute atomic E-state index is 0.0359. The van der Waals surface area contributed by atoms with Crippen LogP contribution in [0.4, 0.5) is 22.0 Å². The fourth-order valence-electron chi connectivity index (χ4n) is 2.90. The van der Waals surface area contributed by atoms with Crippen molar-refractivity contribution in [2.24, 2.45) is 7.05 Å². The zero-order chi connectivity index (χ0) is 19.2. The predicted octanol–water partition coefficient (Wildman–Crippen LogP) is 5.61. The van der Waals surface area contributed by atoms with E-state index in [1.54, 1.807) is 0 Å². The van der Waals surface area contributed by atoms with Crippen LogP contribution in [-0.2, 0) is 13.0 Å². The molecule has 0 spiro atoms. The number of benzene rings is 2. The van der Waals surface area contributed by atoms with Crippen LogP contribution in [0.3, 0.4) is 0 Å². The number of halogens is 6. The van der Waals surface area contributed by atoms with Crippen LogP contribution in [0.1, 0.15) is 17.0 Å². The van der Waals surface area contributed by atoms with E-state index in [9.17, 15) is 13.2 Å². The zero-order valence-electron chi connectivity index (χ0n) is 13.6. The Labute approximate surface area is 150 Å². The Balaban J connectivity index is 2.28. The summed E-state index contributed by atoms with van der Waals surface area (Å²) in [7, 11) is 1.28. The minimum Gasteiger partial charge on any atom is -0.265 e. The van der Waals surface area contributed by atoms with Gasteiger partial charge in [0.15, 0.2) is 0 Å². The van der Waals surface area contributed by atoms with Gasteiger partial charge in [-0.25, -0.2) is 13.2 Å². The SMILES string of the molecule is Cc1nn(C)c(C(F)(F)c2ccc(F)cc2F)c1-c1ccc(F)cc1Cl. The Morgan fingerprint density at radius 2 is 1.62 bits per heavy atom. The zero-order valence-corrected chi connectivity index (χ0v) is 14.4. The molecule has 0 aliphatic heterocycles. The van der Waals surface area contributed by atoms with E-state index in [4.69, 9.17) is 11.6 Å². The van der Waals surface area contributed by atoms with Crippen molar-refractivity contribution in [2.75, 3.05) is 0 Å². The summed E-state index contributed by atoms with van der Waals surface area (Å²) < 4.78 is 71.7. The average Bonchev–Trinajstić information content (AvgIpc) is 2.82. The van der Waals surface area contributed by atoms with Crippen molar-refractivity contribution in [3.05, 3.63) is 75.8 Å². The molecule has 1 heterocycles. The van der Waals surface area contributed by atoms with Crippen LogP contribution >= 0.6 is 11.6 Å². The minimum atomic E-state index is -3.83. The lowest BCUT2D eigenvalue weighted by Gasteiger charge is -2.20. The molecule has 0 radical (unpaired) electrons. The third-order valence-electron chi connectivity index (χ3n) is 3.99. The Bertz CT molecular complexity index is 997. The largest absolute Gasteiger partial charge is 0.318 e. The normalized spacial score (nSPS) is 11.8. The summed E-state index contributed by atoms with van der Waals surface area (Å²) in [5, 5.41) is 3.89. The van der Waals surface area contributed by atoms with Gasteiger partial charge in [0, 0.05) is 24.2 Å². The van der Waals surface area contributed by atoms with E-state index < -0.39 is 34.6 Å². The van der Waals surface area contributed by atoms with Gasteiger partial charge in [0.05, 0.1) is 16.3 Å². The van der Waals surface area contributed by atoms with Gasteiger partial charge in [-0.05, 0) is 37.3 Å². The quantitative estimate of drug-likeness (QED) is 0.535. The molecular formula is C18H12ClF5N2. The van der Waals surface area contributed by atoms with E-state index in [2.05, 4.69) is 5.10 Å². The highest BCUT2D eigenvalue weighted by Crippen LogP contribution is 2.44. The van der Waals surface area contributed by atoms with Crippen molar-refractivity contribution in [1.29, 1.82) is 0 Å². The van der Waals surface area contributed by atoms with Gasteiger partial charge in [-0.3, -0.25) is 4.68 Å². The second-order valence-corrected chi connectivity index (χ2v) is 6.16. The van der Waals surface area contributed by atoms with E-state index in [1.165, 1.54) is 20.0 Å². The van der Waals surface area contributed by atoms with Gasteiger partial charge < -0.3 is 0 Å². The molecule has 2 nitrogen and oxygen atoms in total. The topological polar surface area (TPSA) is 17.8 Å². The summed E-state index contributed by atoms with van der Waals surface area (Å²) in [5.74, 6) is -6.81. The van der Waals surface area contributed by atoms with Crippen molar-refractivity contribution >= 4 is 11.6 Å². The van der Waals surface area contributed by atoms with Gasteiger partial charge in [0.2, 0.25) is 0 Å². The lowest BCUT2D eigenvalue weighted by Crippen LogP contribution is -2.22. The first-order valence-electron chi connectivity index (χ1n) is 7.45. The predicted molar refractivity (Wildman–Crippen MR) is 87.7 cm³/mol. The number of alkyl halides is 2. The molecule has 0 unspecified atom stereocenters. The number of rotatable bonds is 3. The fourth-order valence-corrected chi connectivity index (χ4v) is 3.17. The molecular weight excluding hydrogens is 375 g/mol. The van der Waals surface area contributed by atoms with Gasteiger partial charge in [-0.2, -0.15) is 13.9 Å². The summed E-state index contributed by atoms with van der Waals surface area (Å²) in [6.07, 6.45) is 0. The summed E-state index contributed by atoms with van der Waals surface area (Å²) >= 11 is 6.02. The highest BCUT2D eigenvalue weighted by atomic mass is 35.5. The summed E-state index contributed by atoms with van der Waals surface area (Å²) in [6, 6.07) is 5.14. The van der Waals surface area contributed by atoms with Crippen LogP contribution < -0.4 is 0 Å². The first-order valence-corrected chi connectivity index (χ1v) is 7.83. The highest BCUT2D eigenvalue weighted by Gasteiger charge is 2.43. The number of hydrogen-bond acceptors (Lipinski definition) is 1. The Kier molecular flexibility index (Phi) is 4.52. The van der Waals surface area contributed by atoms with Crippen molar-refractivity contribution in [1.82, 2.24) is 9.78 Å². The molecule has 1 aromatic heterocycles. The number of aryl methyl sites for hydroxylation is 2. The lowest BCUT2D eigenvalue weighted by atomic mass is 9.96. The van der Waals surface area contributed by atoms with Crippen molar-refractivity contribution in [3.63, 3.8) is 0 Å². The van der Waals surface area contributed by atoms with Gasteiger partial charge in [-0.1, -0.05) is 11.6 Å². The summed E-state index contributed by atoms with van der Waals surface area (Å²) in [4.78, 5) is 0. The number of nitrogens with zero attached hydrogens (tertiary/aromatic N) is 2. The maximum Gasteiger partial charge on any atom is 0.318 e. The van der Waals surface area contributed by atoms with Crippen LogP contribution in [0.5, 0.6) is 0 Å². The second kappa shape index (κ2) is 6.39. The molecule has 26 heavy (non-hydrogen) atoms. The molecule has 3 aromatic rings. The van der Waals surface area contributed by atoms with Crippen molar-refractivity contribution in [2.45, 2.75) is 12.8 Å². The number of aromatic nitrogens is 2. The first-order chi connectivity index (χ1) is 12.1. The maximum atomic E-state index is 15.2. The average molecular weight is 387 g/mol.